The Morgan fingerprint density at radius 3 is 2.59 bits per heavy atom. The van der Waals surface area contributed by atoms with Crippen molar-refractivity contribution in [3.05, 3.63) is 53.7 Å². The highest BCUT2D eigenvalue weighted by Gasteiger charge is 2.18. The molecule has 3 N–H and O–H groups in total. The molecule has 1 aromatic carbocycles. The Bertz CT molecular complexity index is 730. The molecule has 0 bridgehead atoms. The van der Waals surface area contributed by atoms with E-state index in [0.717, 1.165) is 12.8 Å². The van der Waals surface area contributed by atoms with E-state index in [2.05, 4.69) is 9.71 Å². The van der Waals surface area contributed by atoms with Gasteiger partial charge in [0.25, 0.3) is 0 Å². The van der Waals surface area contributed by atoms with Crippen LogP contribution in [0.2, 0.25) is 0 Å². The number of nitrogen functional groups attached to an aromatic ring is 1. The Morgan fingerprint density at radius 2 is 1.95 bits per heavy atom. The van der Waals surface area contributed by atoms with Gasteiger partial charge in [0, 0.05) is 12.2 Å². The molecular formula is C16H21N3O2S. The van der Waals surface area contributed by atoms with Crippen LogP contribution in [0.4, 0.5) is 5.82 Å². The number of hydrogen-bond acceptors (Lipinski definition) is 4. The molecule has 0 aliphatic carbocycles. The van der Waals surface area contributed by atoms with E-state index in [0.29, 0.717) is 11.4 Å². The van der Waals surface area contributed by atoms with E-state index >= 15 is 0 Å². The average molecular weight is 319 g/mol. The van der Waals surface area contributed by atoms with Crippen LogP contribution in [0, 0.1) is 6.92 Å². The first-order chi connectivity index (χ1) is 10.4. The molecule has 1 heterocycles. The highest BCUT2D eigenvalue weighted by Crippen LogP contribution is 2.15. The SMILES string of the molecule is Cc1cc(S(=O)(=O)NC(C)CCc2ccccc2)cnc1N. The third-order valence-electron chi connectivity index (χ3n) is 3.47. The van der Waals surface area contributed by atoms with Crippen molar-refractivity contribution in [1.82, 2.24) is 9.71 Å². The highest BCUT2D eigenvalue weighted by atomic mass is 32.2. The number of aromatic nitrogens is 1. The third kappa shape index (κ3) is 4.29. The summed E-state index contributed by atoms with van der Waals surface area (Å²) in [5.41, 5.74) is 7.46. The van der Waals surface area contributed by atoms with Gasteiger partial charge < -0.3 is 5.73 Å². The summed E-state index contributed by atoms with van der Waals surface area (Å²) in [6.45, 7) is 3.60. The van der Waals surface area contributed by atoms with Crippen molar-refractivity contribution in [2.75, 3.05) is 5.73 Å². The van der Waals surface area contributed by atoms with Gasteiger partial charge in [0.1, 0.15) is 10.7 Å². The van der Waals surface area contributed by atoms with Crippen LogP contribution < -0.4 is 10.5 Å². The molecule has 0 fully saturated rings. The van der Waals surface area contributed by atoms with Gasteiger partial charge in [-0.25, -0.2) is 18.1 Å². The summed E-state index contributed by atoms with van der Waals surface area (Å²) < 4.78 is 27.3. The minimum absolute atomic E-state index is 0.144. The van der Waals surface area contributed by atoms with Crippen LogP contribution in [0.15, 0.2) is 47.5 Å². The molecule has 0 amide bonds. The van der Waals surface area contributed by atoms with Crippen molar-refractivity contribution in [2.45, 2.75) is 37.6 Å². The van der Waals surface area contributed by atoms with Crippen molar-refractivity contribution in [3.8, 4) is 0 Å². The summed E-state index contributed by atoms with van der Waals surface area (Å²) in [4.78, 5) is 4.05. The van der Waals surface area contributed by atoms with Crippen LogP contribution in [0.3, 0.4) is 0 Å². The number of nitrogens with two attached hydrogens (primary N) is 1. The normalized spacial score (nSPS) is 13.0. The topological polar surface area (TPSA) is 85.1 Å². The molecule has 2 aromatic rings. The monoisotopic (exact) mass is 319 g/mol. The average Bonchev–Trinajstić information content (AvgIpc) is 2.48. The minimum Gasteiger partial charge on any atom is -0.383 e. The second-order valence-electron chi connectivity index (χ2n) is 5.42. The van der Waals surface area contributed by atoms with E-state index < -0.39 is 10.0 Å². The maximum absolute atomic E-state index is 12.3. The summed E-state index contributed by atoms with van der Waals surface area (Å²) in [7, 11) is -3.57. The first kappa shape index (κ1) is 16.5. The van der Waals surface area contributed by atoms with Crippen LogP contribution in [0.25, 0.3) is 0 Å². The van der Waals surface area contributed by atoms with E-state index in [1.807, 2.05) is 37.3 Å². The minimum atomic E-state index is -3.57. The first-order valence-electron chi connectivity index (χ1n) is 7.17. The molecule has 0 aliphatic rings. The van der Waals surface area contributed by atoms with E-state index in [1.54, 1.807) is 6.92 Å². The summed E-state index contributed by atoms with van der Waals surface area (Å²) in [5, 5.41) is 0. The van der Waals surface area contributed by atoms with Crippen molar-refractivity contribution in [3.63, 3.8) is 0 Å². The van der Waals surface area contributed by atoms with Gasteiger partial charge >= 0.3 is 0 Å². The Hall–Kier alpha value is -1.92. The molecule has 0 aliphatic heterocycles. The molecular weight excluding hydrogens is 298 g/mol. The van der Waals surface area contributed by atoms with Crippen LogP contribution in [-0.4, -0.2) is 19.4 Å². The number of nitrogens with zero attached hydrogens (tertiary/aromatic N) is 1. The quantitative estimate of drug-likeness (QED) is 0.855. The second-order valence-corrected chi connectivity index (χ2v) is 7.13. The van der Waals surface area contributed by atoms with Gasteiger partial charge in [-0.3, -0.25) is 0 Å². The van der Waals surface area contributed by atoms with Crippen molar-refractivity contribution in [2.24, 2.45) is 0 Å². The second kappa shape index (κ2) is 6.89. The molecule has 0 saturated carbocycles. The molecule has 0 saturated heterocycles. The molecule has 2 rings (SSSR count). The number of benzene rings is 1. The molecule has 6 heteroatoms. The lowest BCUT2D eigenvalue weighted by molar-refractivity contribution is 0.546. The molecule has 22 heavy (non-hydrogen) atoms. The van der Waals surface area contributed by atoms with E-state index in [-0.39, 0.29) is 10.9 Å². The lowest BCUT2D eigenvalue weighted by atomic mass is 10.1. The van der Waals surface area contributed by atoms with Crippen molar-refractivity contribution >= 4 is 15.8 Å². The first-order valence-corrected chi connectivity index (χ1v) is 8.65. The van der Waals surface area contributed by atoms with Crippen LogP contribution in [0.5, 0.6) is 0 Å². The maximum Gasteiger partial charge on any atom is 0.242 e. The fourth-order valence-corrected chi connectivity index (χ4v) is 3.43. The largest absolute Gasteiger partial charge is 0.383 e. The van der Waals surface area contributed by atoms with Gasteiger partial charge in [0.05, 0.1) is 0 Å². The Balaban J connectivity index is 2.00. The fourth-order valence-electron chi connectivity index (χ4n) is 2.13. The number of hydrogen-bond donors (Lipinski definition) is 2. The lowest BCUT2D eigenvalue weighted by Gasteiger charge is -2.14. The predicted molar refractivity (Wildman–Crippen MR) is 87.9 cm³/mol. The molecule has 1 unspecified atom stereocenters. The molecule has 0 spiro atoms. The van der Waals surface area contributed by atoms with Gasteiger partial charge in [0.15, 0.2) is 0 Å². The Labute approximate surface area is 131 Å². The molecule has 0 radical (unpaired) electrons. The number of pyridine rings is 1. The number of nitrogens with one attached hydrogen (secondary N) is 1. The summed E-state index contributed by atoms with van der Waals surface area (Å²) in [6, 6.07) is 11.4. The zero-order chi connectivity index (χ0) is 16.2. The van der Waals surface area contributed by atoms with Crippen LogP contribution in [0.1, 0.15) is 24.5 Å². The van der Waals surface area contributed by atoms with Crippen LogP contribution >= 0.6 is 0 Å². The third-order valence-corrected chi connectivity index (χ3v) is 5.03. The van der Waals surface area contributed by atoms with Gasteiger partial charge in [-0.2, -0.15) is 0 Å². The van der Waals surface area contributed by atoms with Crippen LogP contribution in [-0.2, 0) is 16.4 Å². The number of aryl methyl sites for hydroxylation is 2. The van der Waals surface area contributed by atoms with E-state index in [4.69, 9.17) is 5.73 Å². The molecule has 118 valence electrons. The summed E-state index contributed by atoms with van der Waals surface area (Å²) in [5.74, 6) is 0.344. The van der Waals surface area contributed by atoms with Gasteiger partial charge in [-0.05, 0) is 43.9 Å². The maximum atomic E-state index is 12.3. The van der Waals surface area contributed by atoms with E-state index in [1.165, 1.54) is 17.8 Å². The molecule has 5 nitrogen and oxygen atoms in total. The lowest BCUT2D eigenvalue weighted by Crippen LogP contribution is -2.33. The zero-order valence-corrected chi connectivity index (χ0v) is 13.6. The smallest absolute Gasteiger partial charge is 0.242 e. The number of rotatable bonds is 6. The zero-order valence-electron chi connectivity index (χ0n) is 12.8. The predicted octanol–water partition coefficient (Wildman–Crippen LogP) is 2.27. The summed E-state index contributed by atoms with van der Waals surface area (Å²) >= 11 is 0. The van der Waals surface area contributed by atoms with Gasteiger partial charge in [0.2, 0.25) is 10.0 Å². The fraction of sp³-hybridized carbons (Fsp3) is 0.312. The van der Waals surface area contributed by atoms with Gasteiger partial charge in [-0.1, -0.05) is 30.3 Å². The van der Waals surface area contributed by atoms with Crippen molar-refractivity contribution in [1.29, 1.82) is 0 Å². The highest BCUT2D eigenvalue weighted by molar-refractivity contribution is 7.89. The van der Waals surface area contributed by atoms with E-state index in [9.17, 15) is 8.42 Å². The number of sulfonamides is 1. The molecule has 1 aromatic heterocycles. The number of anilines is 1. The Kier molecular flexibility index (Phi) is 5.15. The van der Waals surface area contributed by atoms with Gasteiger partial charge in [-0.15, -0.1) is 0 Å². The standard InChI is InChI=1S/C16H21N3O2S/c1-12-10-15(11-18-16(12)17)22(20,21)19-13(2)8-9-14-6-4-3-5-7-14/h3-7,10-11,13,19H,8-9H2,1-2H3,(H2,17,18). The Morgan fingerprint density at radius 1 is 1.27 bits per heavy atom. The molecule has 1 atom stereocenters. The summed E-state index contributed by atoms with van der Waals surface area (Å²) in [6.07, 6.45) is 2.84. The van der Waals surface area contributed by atoms with Crippen molar-refractivity contribution < 1.29 is 8.42 Å².